The second-order valence-electron chi connectivity index (χ2n) is 5.33. The van der Waals surface area contributed by atoms with E-state index < -0.39 is 0 Å². The lowest BCUT2D eigenvalue weighted by molar-refractivity contribution is -0.120. The molecular formula is C16H18N4O2. The van der Waals surface area contributed by atoms with E-state index in [1.165, 1.54) is 12.3 Å². The largest absolute Gasteiger partial charge is 0.504 e. The first kappa shape index (κ1) is 14.3. The Kier molecular flexibility index (Phi) is 4.18. The summed E-state index contributed by atoms with van der Waals surface area (Å²) >= 11 is 0. The zero-order valence-corrected chi connectivity index (χ0v) is 12.1. The van der Waals surface area contributed by atoms with Crippen LogP contribution >= 0.6 is 0 Å². The maximum absolute atomic E-state index is 12.4. The average molecular weight is 298 g/mol. The summed E-state index contributed by atoms with van der Waals surface area (Å²) in [5, 5.41) is 12.4. The molecule has 0 bridgehead atoms. The number of hydrogen-bond acceptors (Lipinski definition) is 5. The van der Waals surface area contributed by atoms with Crippen molar-refractivity contribution < 1.29 is 9.90 Å². The molecule has 2 N–H and O–H groups in total. The number of hydrogen-bond donors (Lipinski definition) is 2. The molecule has 1 atom stereocenters. The van der Waals surface area contributed by atoms with E-state index in [4.69, 9.17) is 0 Å². The lowest BCUT2D eigenvalue weighted by Gasteiger charge is -2.32. The number of anilines is 2. The maximum Gasteiger partial charge on any atom is 0.230 e. The van der Waals surface area contributed by atoms with E-state index in [0.717, 1.165) is 25.2 Å². The summed E-state index contributed by atoms with van der Waals surface area (Å²) in [5.41, 5.74) is 0. The average Bonchev–Trinajstić information content (AvgIpc) is 2.58. The van der Waals surface area contributed by atoms with Gasteiger partial charge in [0.05, 0.1) is 5.92 Å². The van der Waals surface area contributed by atoms with Gasteiger partial charge in [-0.3, -0.25) is 4.79 Å². The molecule has 0 aromatic carbocycles. The Bertz CT molecular complexity index is 648. The molecule has 0 aliphatic carbocycles. The Labute approximate surface area is 128 Å². The van der Waals surface area contributed by atoms with Gasteiger partial charge in [0.1, 0.15) is 5.82 Å². The third-order valence-corrected chi connectivity index (χ3v) is 3.79. The van der Waals surface area contributed by atoms with Crippen molar-refractivity contribution in [2.24, 2.45) is 5.92 Å². The smallest absolute Gasteiger partial charge is 0.230 e. The van der Waals surface area contributed by atoms with Crippen molar-refractivity contribution in [2.45, 2.75) is 12.8 Å². The minimum Gasteiger partial charge on any atom is -0.504 e. The van der Waals surface area contributed by atoms with Gasteiger partial charge in [-0.05, 0) is 37.1 Å². The van der Waals surface area contributed by atoms with E-state index in [1.54, 1.807) is 12.3 Å². The highest BCUT2D eigenvalue weighted by Crippen LogP contribution is 2.24. The fourth-order valence-corrected chi connectivity index (χ4v) is 2.65. The minimum atomic E-state index is -0.142. The fraction of sp³-hybridized carbons (Fsp3) is 0.312. The van der Waals surface area contributed by atoms with Crippen LogP contribution in [-0.4, -0.2) is 34.1 Å². The summed E-state index contributed by atoms with van der Waals surface area (Å²) in [6, 6.07) is 8.89. The van der Waals surface area contributed by atoms with Crippen LogP contribution in [-0.2, 0) is 4.79 Å². The standard InChI is InChI=1S/C16H18N4O2/c21-13-6-3-9-18-15(13)19-16(22)12-5-4-10-20(11-12)14-7-1-2-8-17-14/h1-3,6-9,12,21H,4-5,10-11H2,(H,18,19,22). The molecule has 1 aliphatic heterocycles. The second kappa shape index (κ2) is 6.43. The lowest BCUT2D eigenvalue weighted by Crippen LogP contribution is -2.41. The second-order valence-corrected chi connectivity index (χ2v) is 5.33. The number of carbonyl (C=O) groups is 1. The molecule has 0 saturated carbocycles. The number of pyridine rings is 2. The molecule has 0 spiro atoms. The van der Waals surface area contributed by atoms with Crippen molar-refractivity contribution >= 4 is 17.5 Å². The van der Waals surface area contributed by atoms with Crippen molar-refractivity contribution in [3.05, 3.63) is 42.7 Å². The molecule has 1 unspecified atom stereocenters. The number of nitrogens with zero attached hydrogens (tertiary/aromatic N) is 3. The van der Waals surface area contributed by atoms with E-state index in [9.17, 15) is 9.90 Å². The first-order chi connectivity index (χ1) is 10.7. The number of aromatic nitrogens is 2. The lowest BCUT2D eigenvalue weighted by atomic mass is 9.97. The van der Waals surface area contributed by atoms with Crippen LogP contribution in [0.25, 0.3) is 0 Å². The Morgan fingerprint density at radius 2 is 2.09 bits per heavy atom. The van der Waals surface area contributed by atoms with Crippen LogP contribution in [0.1, 0.15) is 12.8 Å². The zero-order chi connectivity index (χ0) is 15.4. The topological polar surface area (TPSA) is 78.3 Å². The number of carbonyl (C=O) groups excluding carboxylic acids is 1. The highest BCUT2D eigenvalue weighted by atomic mass is 16.3. The highest BCUT2D eigenvalue weighted by Gasteiger charge is 2.27. The molecule has 1 saturated heterocycles. The number of piperidine rings is 1. The Morgan fingerprint density at radius 1 is 1.23 bits per heavy atom. The minimum absolute atomic E-state index is 0.0201. The van der Waals surface area contributed by atoms with Gasteiger partial charge in [0, 0.05) is 25.5 Å². The molecule has 1 fully saturated rings. The Hall–Kier alpha value is -2.63. The Morgan fingerprint density at radius 3 is 2.86 bits per heavy atom. The molecule has 6 heteroatoms. The van der Waals surface area contributed by atoms with Gasteiger partial charge in [0.15, 0.2) is 11.6 Å². The van der Waals surface area contributed by atoms with Crippen LogP contribution in [0.3, 0.4) is 0 Å². The van der Waals surface area contributed by atoms with Crippen molar-refractivity contribution in [2.75, 3.05) is 23.3 Å². The number of aromatic hydroxyl groups is 1. The third-order valence-electron chi connectivity index (χ3n) is 3.79. The fourth-order valence-electron chi connectivity index (χ4n) is 2.65. The molecule has 2 aromatic rings. The number of rotatable bonds is 3. The molecule has 6 nitrogen and oxygen atoms in total. The van der Waals surface area contributed by atoms with E-state index in [0.29, 0.717) is 6.54 Å². The first-order valence-electron chi connectivity index (χ1n) is 7.35. The molecule has 114 valence electrons. The van der Waals surface area contributed by atoms with Crippen LogP contribution < -0.4 is 10.2 Å². The van der Waals surface area contributed by atoms with Crippen LogP contribution in [0.5, 0.6) is 5.75 Å². The molecule has 2 aromatic heterocycles. The molecule has 1 amide bonds. The van der Waals surface area contributed by atoms with Gasteiger partial charge in [-0.25, -0.2) is 9.97 Å². The zero-order valence-electron chi connectivity index (χ0n) is 12.1. The monoisotopic (exact) mass is 298 g/mol. The molecule has 1 aliphatic rings. The highest BCUT2D eigenvalue weighted by molar-refractivity contribution is 5.93. The van der Waals surface area contributed by atoms with Gasteiger partial charge < -0.3 is 15.3 Å². The van der Waals surface area contributed by atoms with Crippen molar-refractivity contribution in [3.8, 4) is 5.75 Å². The van der Waals surface area contributed by atoms with Gasteiger partial charge in [-0.1, -0.05) is 6.07 Å². The van der Waals surface area contributed by atoms with E-state index in [-0.39, 0.29) is 23.4 Å². The molecular weight excluding hydrogens is 280 g/mol. The van der Waals surface area contributed by atoms with Gasteiger partial charge >= 0.3 is 0 Å². The molecule has 3 rings (SSSR count). The SMILES string of the molecule is O=C(Nc1ncccc1O)C1CCCN(c2ccccn2)C1. The van der Waals surface area contributed by atoms with Gasteiger partial charge in [-0.2, -0.15) is 0 Å². The van der Waals surface area contributed by atoms with E-state index in [2.05, 4.69) is 20.2 Å². The third kappa shape index (κ3) is 3.16. The molecule has 3 heterocycles. The van der Waals surface area contributed by atoms with Crippen LogP contribution in [0.15, 0.2) is 42.7 Å². The van der Waals surface area contributed by atoms with Gasteiger partial charge in [-0.15, -0.1) is 0 Å². The molecule has 22 heavy (non-hydrogen) atoms. The van der Waals surface area contributed by atoms with Crippen LogP contribution in [0.2, 0.25) is 0 Å². The van der Waals surface area contributed by atoms with Gasteiger partial charge in [0.25, 0.3) is 0 Å². The summed E-state index contributed by atoms with van der Waals surface area (Å²) in [6.07, 6.45) is 5.05. The van der Waals surface area contributed by atoms with Crippen molar-refractivity contribution in [1.82, 2.24) is 9.97 Å². The summed E-state index contributed by atoms with van der Waals surface area (Å²) < 4.78 is 0. The van der Waals surface area contributed by atoms with Gasteiger partial charge in [0.2, 0.25) is 5.91 Å². The van der Waals surface area contributed by atoms with E-state index in [1.807, 2.05) is 18.2 Å². The Balaban J connectivity index is 1.67. The normalized spacial score (nSPS) is 18.0. The number of nitrogens with one attached hydrogen (secondary N) is 1. The summed E-state index contributed by atoms with van der Waals surface area (Å²) in [7, 11) is 0. The van der Waals surface area contributed by atoms with Crippen LogP contribution in [0.4, 0.5) is 11.6 Å². The maximum atomic E-state index is 12.4. The van der Waals surface area contributed by atoms with Crippen molar-refractivity contribution in [3.63, 3.8) is 0 Å². The quantitative estimate of drug-likeness (QED) is 0.906. The summed E-state index contributed by atoms with van der Waals surface area (Å²) in [4.78, 5) is 22.8. The molecule has 0 radical (unpaired) electrons. The van der Waals surface area contributed by atoms with E-state index >= 15 is 0 Å². The van der Waals surface area contributed by atoms with Crippen LogP contribution in [0, 0.1) is 5.92 Å². The summed E-state index contributed by atoms with van der Waals surface area (Å²) in [6.45, 7) is 1.52. The predicted octanol–water partition coefficient (Wildman–Crippen LogP) is 2.04. The number of amides is 1. The first-order valence-corrected chi connectivity index (χ1v) is 7.35. The predicted molar refractivity (Wildman–Crippen MR) is 83.7 cm³/mol. The van der Waals surface area contributed by atoms with Crippen molar-refractivity contribution in [1.29, 1.82) is 0 Å². The summed E-state index contributed by atoms with van der Waals surface area (Å²) in [5.74, 6) is 0.822.